The summed E-state index contributed by atoms with van der Waals surface area (Å²) < 4.78 is 17.4. The maximum atomic E-state index is 12.4. The van der Waals surface area contributed by atoms with Crippen LogP contribution >= 0.6 is 11.3 Å². The Bertz CT molecular complexity index is 1390. The van der Waals surface area contributed by atoms with Gasteiger partial charge < -0.3 is 18.4 Å². The van der Waals surface area contributed by atoms with Crippen molar-refractivity contribution < 1.29 is 13.8 Å². The summed E-state index contributed by atoms with van der Waals surface area (Å²) in [6, 6.07) is 12.3. The van der Waals surface area contributed by atoms with Crippen molar-refractivity contribution in [1.82, 2.24) is 24.8 Å². The highest BCUT2D eigenvalue weighted by molar-refractivity contribution is 7.08. The maximum Gasteiger partial charge on any atom is 0.259 e. The van der Waals surface area contributed by atoms with Gasteiger partial charge in [0.2, 0.25) is 5.82 Å². The predicted molar refractivity (Wildman–Crippen MR) is 113 cm³/mol. The smallest absolute Gasteiger partial charge is 0.259 e. The molecule has 0 spiro atoms. The van der Waals surface area contributed by atoms with E-state index in [0.29, 0.717) is 34.7 Å². The zero-order valence-corrected chi connectivity index (χ0v) is 17.1. The van der Waals surface area contributed by atoms with Gasteiger partial charge in [-0.15, -0.1) is 0 Å². The summed E-state index contributed by atoms with van der Waals surface area (Å²) in [7, 11) is 1.59. The molecule has 4 heterocycles. The van der Waals surface area contributed by atoms with Crippen LogP contribution < -0.4 is 10.3 Å². The van der Waals surface area contributed by atoms with Crippen molar-refractivity contribution in [1.29, 1.82) is 0 Å². The number of rotatable bonds is 6. The van der Waals surface area contributed by atoms with E-state index in [4.69, 9.17) is 13.8 Å². The lowest BCUT2D eigenvalue weighted by molar-refractivity contribution is 0.411. The third kappa shape index (κ3) is 3.88. The molecule has 0 aliphatic heterocycles. The van der Waals surface area contributed by atoms with Gasteiger partial charge in [0.25, 0.3) is 17.3 Å². The molecule has 5 aromatic rings. The fourth-order valence-electron chi connectivity index (χ4n) is 2.98. The number of nitrogens with zero attached hydrogens (tertiary/aromatic N) is 5. The van der Waals surface area contributed by atoms with Gasteiger partial charge in [0.15, 0.2) is 5.82 Å². The van der Waals surface area contributed by atoms with Gasteiger partial charge in [-0.2, -0.15) is 21.3 Å². The highest BCUT2D eigenvalue weighted by Gasteiger charge is 2.14. The third-order valence-electron chi connectivity index (χ3n) is 4.53. The summed E-state index contributed by atoms with van der Waals surface area (Å²) in [6.45, 7) is 0.131. The van der Waals surface area contributed by atoms with Gasteiger partial charge in [-0.1, -0.05) is 16.4 Å². The Kier molecular flexibility index (Phi) is 4.89. The van der Waals surface area contributed by atoms with Gasteiger partial charge in [0, 0.05) is 28.8 Å². The number of pyridine rings is 1. The van der Waals surface area contributed by atoms with Gasteiger partial charge in [0.1, 0.15) is 5.75 Å². The van der Waals surface area contributed by atoms with Crippen molar-refractivity contribution in [3.63, 3.8) is 0 Å². The molecule has 0 fully saturated rings. The van der Waals surface area contributed by atoms with Gasteiger partial charge in [-0.25, -0.2) is 0 Å². The molecular weight excluding hydrogens is 418 g/mol. The van der Waals surface area contributed by atoms with E-state index in [1.807, 2.05) is 35.0 Å². The van der Waals surface area contributed by atoms with E-state index in [9.17, 15) is 4.79 Å². The van der Waals surface area contributed by atoms with Crippen LogP contribution in [0.2, 0.25) is 0 Å². The standard InChI is InChI=1S/C21H15N5O4S/c1-28-16-4-2-3-13(9-16)20-22-17(24-29-20)11-26-10-14(5-6-18(26)27)21-23-19(25-30-21)15-7-8-31-12-15/h2-10,12H,11H2,1H3. The van der Waals surface area contributed by atoms with Gasteiger partial charge in [-0.05, 0) is 35.7 Å². The second-order valence-electron chi connectivity index (χ2n) is 6.57. The summed E-state index contributed by atoms with van der Waals surface area (Å²) in [5, 5.41) is 11.9. The average molecular weight is 433 g/mol. The molecule has 0 unspecified atom stereocenters. The molecule has 5 rings (SSSR count). The Morgan fingerprint density at radius 2 is 1.87 bits per heavy atom. The zero-order chi connectivity index (χ0) is 21.2. The Morgan fingerprint density at radius 1 is 1.00 bits per heavy atom. The Morgan fingerprint density at radius 3 is 2.71 bits per heavy atom. The van der Waals surface area contributed by atoms with Crippen LogP contribution in [0.4, 0.5) is 0 Å². The molecule has 0 atom stereocenters. The predicted octanol–water partition coefficient (Wildman–Crippen LogP) is 3.73. The highest BCUT2D eigenvalue weighted by Crippen LogP contribution is 2.24. The van der Waals surface area contributed by atoms with Crippen LogP contribution in [0.3, 0.4) is 0 Å². The van der Waals surface area contributed by atoms with E-state index in [1.54, 1.807) is 36.8 Å². The molecule has 0 saturated carbocycles. The van der Waals surface area contributed by atoms with E-state index in [0.717, 1.165) is 11.1 Å². The minimum absolute atomic E-state index is 0.131. The van der Waals surface area contributed by atoms with E-state index in [1.165, 1.54) is 10.6 Å². The molecule has 1 aromatic carbocycles. The zero-order valence-electron chi connectivity index (χ0n) is 16.3. The van der Waals surface area contributed by atoms with Crippen molar-refractivity contribution >= 4 is 11.3 Å². The summed E-state index contributed by atoms with van der Waals surface area (Å²) >= 11 is 1.55. The second kappa shape index (κ2) is 8.00. The van der Waals surface area contributed by atoms with Crippen molar-refractivity contribution in [3.05, 3.63) is 75.6 Å². The van der Waals surface area contributed by atoms with Crippen LogP contribution in [-0.4, -0.2) is 32.0 Å². The lowest BCUT2D eigenvalue weighted by atomic mass is 10.2. The molecule has 0 bridgehead atoms. The summed E-state index contributed by atoms with van der Waals surface area (Å²) in [5.74, 6) is 2.20. The molecule has 31 heavy (non-hydrogen) atoms. The molecular formula is C21H15N5O4S. The maximum absolute atomic E-state index is 12.4. The second-order valence-corrected chi connectivity index (χ2v) is 7.35. The van der Waals surface area contributed by atoms with Gasteiger partial charge >= 0.3 is 0 Å². The van der Waals surface area contributed by atoms with Crippen LogP contribution in [0.15, 0.2) is 73.3 Å². The minimum Gasteiger partial charge on any atom is -0.497 e. The van der Waals surface area contributed by atoms with Crippen molar-refractivity contribution in [2.45, 2.75) is 6.54 Å². The molecule has 0 N–H and O–H groups in total. The largest absolute Gasteiger partial charge is 0.497 e. The highest BCUT2D eigenvalue weighted by atomic mass is 32.1. The van der Waals surface area contributed by atoms with E-state index >= 15 is 0 Å². The first-order chi connectivity index (χ1) is 15.2. The fraction of sp³-hybridized carbons (Fsp3) is 0.0952. The number of thiophene rings is 1. The van der Waals surface area contributed by atoms with E-state index < -0.39 is 0 Å². The summed E-state index contributed by atoms with van der Waals surface area (Å²) in [5.41, 5.74) is 2.01. The average Bonchev–Trinajstić information content (AvgIpc) is 3.56. The van der Waals surface area contributed by atoms with Crippen LogP contribution in [0.5, 0.6) is 5.75 Å². The lowest BCUT2D eigenvalue weighted by Crippen LogP contribution is -2.19. The number of hydrogen-bond acceptors (Lipinski definition) is 9. The first-order valence-electron chi connectivity index (χ1n) is 9.24. The molecule has 4 aromatic heterocycles. The number of hydrogen-bond donors (Lipinski definition) is 0. The fourth-order valence-corrected chi connectivity index (χ4v) is 3.61. The molecule has 10 heteroatoms. The molecule has 0 amide bonds. The van der Waals surface area contributed by atoms with Crippen LogP contribution in [0.1, 0.15) is 5.82 Å². The number of ether oxygens (including phenoxy) is 1. The monoisotopic (exact) mass is 433 g/mol. The molecule has 0 radical (unpaired) electrons. The molecule has 9 nitrogen and oxygen atoms in total. The van der Waals surface area contributed by atoms with Gasteiger partial charge in [0.05, 0.1) is 19.2 Å². The van der Waals surface area contributed by atoms with Crippen molar-refractivity contribution in [2.75, 3.05) is 7.11 Å². The minimum atomic E-state index is -0.214. The Labute approximate surface area is 179 Å². The van der Waals surface area contributed by atoms with E-state index in [-0.39, 0.29) is 12.1 Å². The number of benzene rings is 1. The number of aromatic nitrogens is 5. The quantitative estimate of drug-likeness (QED) is 0.398. The first-order valence-corrected chi connectivity index (χ1v) is 10.2. The van der Waals surface area contributed by atoms with Crippen LogP contribution in [-0.2, 0) is 6.54 Å². The first kappa shape index (κ1) is 18.9. The molecule has 0 saturated heterocycles. The SMILES string of the molecule is COc1cccc(-c2nc(Cn3cc(-c4nc(-c5ccsc5)no4)ccc3=O)no2)c1. The molecule has 154 valence electrons. The van der Waals surface area contributed by atoms with Crippen LogP contribution in [0, 0.1) is 0 Å². The molecule has 0 aliphatic rings. The topological polar surface area (TPSA) is 109 Å². The third-order valence-corrected chi connectivity index (χ3v) is 5.22. The Balaban J connectivity index is 1.40. The van der Waals surface area contributed by atoms with Crippen molar-refractivity contribution in [2.24, 2.45) is 0 Å². The number of methoxy groups -OCH3 is 1. The Hall–Kier alpha value is -4.05. The lowest BCUT2D eigenvalue weighted by Gasteiger charge is -2.03. The van der Waals surface area contributed by atoms with Crippen LogP contribution in [0.25, 0.3) is 34.3 Å². The summed E-state index contributed by atoms with van der Waals surface area (Å²) in [4.78, 5) is 21.2. The molecule has 0 aliphatic carbocycles. The van der Waals surface area contributed by atoms with E-state index in [2.05, 4.69) is 20.3 Å². The van der Waals surface area contributed by atoms with Gasteiger partial charge in [-0.3, -0.25) is 4.79 Å². The normalized spacial score (nSPS) is 11.0. The summed E-state index contributed by atoms with van der Waals surface area (Å²) in [6.07, 6.45) is 1.63. The van der Waals surface area contributed by atoms with Crippen molar-refractivity contribution in [3.8, 4) is 40.0 Å².